The zero-order valence-corrected chi connectivity index (χ0v) is 19.1. The molecule has 0 bridgehead atoms. The molecule has 0 saturated carbocycles. The minimum absolute atomic E-state index is 0.701. The fourth-order valence-electron chi connectivity index (χ4n) is 3.95. The molecule has 160 valence electrons. The van der Waals surface area contributed by atoms with E-state index >= 15 is 0 Å². The van der Waals surface area contributed by atoms with Crippen molar-refractivity contribution in [3.63, 3.8) is 0 Å². The highest BCUT2D eigenvalue weighted by Gasteiger charge is 1.98. The maximum atomic E-state index is 2.38. The Morgan fingerprint density at radius 1 is 0.607 bits per heavy atom. The number of rotatable bonds is 19. The average Bonchev–Trinajstić information content (AvgIpc) is 2.72. The molecule has 0 aliphatic heterocycles. The Kier molecular flexibility index (Phi) is 17.2. The van der Waals surface area contributed by atoms with Gasteiger partial charge in [0.25, 0.3) is 0 Å². The van der Waals surface area contributed by atoms with E-state index in [1.807, 2.05) is 0 Å². The molecule has 1 unspecified atom stereocenters. The summed E-state index contributed by atoms with van der Waals surface area (Å²) in [4.78, 5) is 0. The molecule has 0 heteroatoms. The quantitative estimate of drug-likeness (QED) is 0.208. The van der Waals surface area contributed by atoms with Crippen molar-refractivity contribution >= 4 is 6.08 Å². The summed E-state index contributed by atoms with van der Waals surface area (Å²) in [6.45, 7) is 4.65. The first-order chi connectivity index (χ1) is 13.8. The maximum absolute atomic E-state index is 2.38. The van der Waals surface area contributed by atoms with E-state index in [0.717, 1.165) is 0 Å². The predicted molar refractivity (Wildman–Crippen MR) is 129 cm³/mol. The SMILES string of the molecule is CCCCCCCCCCCCCCCCCCC(C)C=Cc1ccccc1. The fourth-order valence-corrected chi connectivity index (χ4v) is 3.95. The number of hydrogen-bond acceptors (Lipinski definition) is 0. The molecule has 1 aromatic carbocycles. The molecule has 0 aromatic heterocycles. The van der Waals surface area contributed by atoms with E-state index < -0.39 is 0 Å². The Hall–Kier alpha value is -1.04. The highest BCUT2D eigenvalue weighted by Crippen LogP contribution is 2.16. The van der Waals surface area contributed by atoms with Gasteiger partial charge in [0.05, 0.1) is 0 Å². The van der Waals surface area contributed by atoms with Gasteiger partial charge in [-0.15, -0.1) is 0 Å². The highest BCUT2D eigenvalue weighted by atomic mass is 14.0. The number of unbranched alkanes of at least 4 members (excludes halogenated alkanes) is 15. The molecule has 1 atom stereocenters. The lowest BCUT2D eigenvalue weighted by Gasteiger charge is -2.06. The normalized spacial score (nSPS) is 12.6. The zero-order chi connectivity index (χ0) is 20.1. The largest absolute Gasteiger partial charge is 0.0811 e. The van der Waals surface area contributed by atoms with Crippen molar-refractivity contribution in [1.29, 1.82) is 0 Å². The molecule has 0 spiro atoms. The topological polar surface area (TPSA) is 0 Å². The summed E-state index contributed by atoms with van der Waals surface area (Å²) < 4.78 is 0. The molecule has 1 rings (SSSR count). The van der Waals surface area contributed by atoms with E-state index in [2.05, 4.69) is 56.3 Å². The van der Waals surface area contributed by atoms with Crippen LogP contribution in [0, 0.1) is 5.92 Å². The van der Waals surface area contributed by atoms with Crippen LogP contribution in [0.1, 0.15) is 129 Å². The van der Waals surface area contributed by atoms with Crippen LogP contribution in [0.3, 0.4) is 0 Å². The number of allylic oxidation sites excluding steroid dienone is 1. The first kappa shape index (κ1) is 25.0. The lowest BCUT2D eigenvalue weighted by atomic mass is 10.00. The van der Waals surface area contributed by atoms with Crippen molar-refractivity contribution in [2.45, 2.75) is 123 Å². The minimum atomic E-state index is 0.701. The molecular formula is C28H48. The van der Waals surface area contributed by atoms with Crippen LogP contribution in [0.4, 0.5) is 0 Å². The number of benzene rings is 1. The second kappa shape index (κ2) is 19.3. The third kappa shape index (κ3) is 16.0. The molecule has 0 radical (unpaired) electrons. The molecule has 0 N–H and O–H groups in total. The van der Waals surface area contributed by atoms with Gasteiger partial charge in [-0.05, 0) is 17.9 Å². The summed E-state index contributed by atoms with van der Waals surface area (Å²) in [6.07, 6.45) is 29.2. The summed E-state index contributed by atoms with van der Waals surface area (Å²) in [6, 6.07) is 10.7. The molecule has 0 aliphatic carbocycles. The van der Waals surface area contributed by atoms with Gasteiger partial charge in [0.1, 0.15) is 0 Å². The molecule has 0 nitrogen and oxygen atoms in total. The van der Waals surface area contributed by atoms with Crippen molar-refractivity contribution in [3.05, 3.63) is 42.0 Å². The van der Waals surface area contributed by atoms with Gasteiger partial charge in [-0.1, -0.05) is 159 Å². The molecule has 0 heterocycles. The lowest BCUT2D eigenvalue weighted by molar-refractivity contribution is 0.517. The maximum Gasteiger partial charge on any atom is -0.0259 e. The molecule has 0 saturated heterocycles. The summed E-state index contributed by atoms with van der Waals surface area (Å²) in [5.41, 5.74) is 1.32. The second-order valence-corrected chi connectivity index (χ2v) is 8.84. The van der Waals surface area contributed by atoms with E-state index in [1.165, 1.54) is 115 Å². The monoisotopic (exact) mass is 384 g/mol. The molecule has 28 heavy (non-hydrogen) atoms. The third-order valence-corrected chi connectivity index (χ3v) is 5.93. The van der Waals surface area contributed by atoms with Gasteiger partial charge < -0.3 is 0 Å². The molecule has 1 aromatic rings. The minimum Gasteiger partial charge on any atom is -0.0811 e. The van der Waals surface area contributed by atoms with Gasteiger partial charge in [0.15, 0.2) is 0 Å². The van der Waals surface area contributed by atoms with E-state index in [9.17, 15) is 0 Å². The third-order valence-electron chi connectivity index (χ3n) is 5.93. The van der Waals surface area contributed by atoms with Gasteiger partial charge in [0, 0.05) is 0 Å². The van der Waals surface area contributed by atoms with Gasteiger partial charge in [0.2, 0.25) is 0 Å². The van der Waals surface area contributed by atoms with E-state index in [4.69, 9.17) is 0 Å². The van der Waals surface area contributed by atoms with Crippen LogP contribution in [0.2, 0.25) is 0 Å². The Balaban J connectivity index is 1.79. The van der Waals surface area contributed by atoms with Crippen molar-refractivity contribution in [1.82, 2.24) is 0 Å². The Morgan fingerprint density at radius 3 is 1.50 bits per heavy atom. The van der Waals surface area contributed by atoms with Crippen LogP contribution in [0.25, 0.3) is 6.08 Å². The van der Waals surface area contributed by atoms with Crippen molar-refractivity contribution < 1.29 is 0 Å². The first-order valence-electron chi connectivity index (χ1n) is 12.6. The second-order valence-electron chi connectivity index (χ2n) is 8.84. The molecule has 0 aliphatic rings. The van der Waals surface area contributed by atoms with Crippen LogP contribution < -0.4 is 0 Å². The van der Waals surface area contributed by atoms with Gasteiger partial charge in [-0.25, -0.2) is 0 Å². The standard InChI is InChI=1S/C28H48/c1-3-4-5-6-7-8-9-10-11-12-13-14-15-16-17-19-22-27(2)25-26-28-23-20-18-21-24-28/h18,20-21,23-27H,3-17,19,22H2,1-2H3. The van der Waals surface area contributed by atoms with Crippen molar-refractivity contribution in [3.8, 4) is 0 Å². The Morgan fingerprint density at radius 2 is 1.04 bits per heavy atom. The fraction of sp³-hybridized carbons (Fsp3) is 0.714. The summed E-state index contributed by atoms with van der Waals surface area (Å²) in [5, 5.41) is 0. The Labute approximate surface area is 177 Å². The Bertz CT molecular complexity index is 444. The van der Waals surface area contributed by atoms with Crippen LogP contribution >= 0.6 is 0 Å². The highest BCUT2D eigenvalue weighted by molar-refractivity contribution is 5.48. The smallest absolute Gasteiger partial charge is 0.0259 e. The lowest BCUT2D eigenvalue weighted by Crippen LogP contribution is -1.90. The van der Waals surface area contributed by atoms with Crippen LogP contribution in [-0.4, -0.2) is 0 Å². The molecule has 0 amide bonds. The van der Waals surface area contributed by atoms with Crippen molar-refractivity contribution in [2.24, 2.45) is 5.92 Å². The summed E-state index contributed by atoms with van der Waals surface area (Å²) in [5.74, 6) is 0.701. The zero-order valence-electron chi connectivity index (χ0n) is 19.1. The van der Waals surface area contributed by atoms with E-state index in [-0.39, 0.29) is 0 Å². The van der Waals surface area contributed by atoms with Crippen LogP contribution in [-0.2, 0) is 0 Å². The van der Waals surface area contributed by atoms with Gasteiger partial charge in [-0.3, -0.25) is 0 Å². The van der Waals surface area contributed by atoms with E-state index in [0.29, 0.717) is 5.92 Å². The van der Waals surface area contributed by atoms with Crippen LogP contribution in [0.15, 0.2) is 36.4 Å². The van der Waals surface area contributed by atoms with E-state index in [1.54, 1.807) is 0 Å². The van der Waals surface area contributed by atoms with Gasteiger partial charge >= 0.3 is 0 Å². The molecule has 0 fully saturated rings. The van der Waals surface area contributed by atoms with Crippen molar-refractivity contribution in [2.75, 3.05) is 0 Å². The van der Waals surface area contributed by atoms with Crippen LogP contribution in [0.5, 0.6) is 0 Å². The predicted octanol–water partition coefficient (Wildman–Crippen LogP) is 9.99. The first-order valence-corrected chi connectivity index (χ1v) is 12.6. The molecular weight excluding hydrogens is 336 g/mol. The number of hydrogen-bond donors (Lipinski definition) is 0. The van der Waals surface area contributed by atoms with Gasteiger partial charge in [-0.2, -0.15) is 0 Å². The summed E-state index contributed by atoms with van der Waals surface area (Å²) >= 11 is 0. The average molecular weight is 385 g/mol. The summed E-state index contributed by atoms with van der Waals surface area (Å²) in [7, 11) is 0.